The molecule has 4 rings (SSSR count). The van der Waals surface area contributed by atoms with Gasteiger partial charge in [-0.1, -0.05) is 6.92 Å². The molecule has 170 valence electrons. The number of nitrogens with zero attached hydrogens (tertiary/aromatic N) is 3. The molecule has 1 amide bonds. The van der Waals surface area contributed by atoms with E-state index in [1.807, 2.05) is 44.4 Å². The summed E-state index contributed by atoms with van der Waals surface area (Å²) in [5.74, 6) is -0.437. The Bertz CT molecular complexity index is 1160. The van der Waals surface area contributed by atoms with Gasteiger partial charge in [0.25, 0.3) is 0 Å². The van der Waals surface area contributed by atoms with Gasteiger partial charge in [0, 0.05) is 36.2 Å². The lowest BCUT2D eigenvalue weighted by Crippen LogP contribution is -2.58. The number of halogens is 1. The fraction of sp³-hybridized carbons (Fsp3) is 0.417. The molecule has 1 aromatic carbocycles. The Hall–Kier alpha value is -3.29. The Kier molecular flexibility index (Phi) is 5.48. The topological polar surface area (TPSA) is 87.3 Å². The number of pyridine rings is 1. The van der Waals surface area contributed by atoms with Crippen LogP contribution in [0.5, 0.6) is 11.5 Å². The average molecular weight is 442 g/mol. The third-order valence-electron chi connectivity index (χ3n) is 6.01. The van der Waals surface area contributed by atoms with Crippen molar-refractivity contribution in [2.45, 2.75) is 64.6 Å². The zero-order valence-electron chi connectivity index (χ0n) is 18.7. The molecule has 0 saturated heterocycles. The van der Waals surface area contributed by atoms with Gasteiger partial charge in [0.1, 0.15) is 17.4 Å². The molecule has 1 saturated carbocycles. The number of hydrogen-bond acceptors (Lipinski definition) is 4. The maximum absolute atomic E-state index is 14.1. The highest BCUT2D eigenvalue weighted by Crippen LogP contribution is 2.37. The summed E-state index contributed by atoms with van der Waals surface area (Å²) in [6, 6.07) is 4.55. The molecular weight excluding hydrogens is 413 g/mol. The van der Waals surface area contributed by atoms with Gasteiger partial charge in [0.2, 0.25) is 0 Å². The molecule has 0 spiro atoms. The summed E-state index contributed by atoms with van der Waals surface area (Å²) in [7, 11) is 0. The van der Waals surface area contributed by atoms with Crippen LogP contribution in [-0.2, 0) is 6.42 Å². The molecule has 0 bridgehead atoms. The van der Waals surface area contributed by atoms with E-state index in [4.69, 9.17) is 4.74 Å². The molecule has 0 aliphatic heterocycles. The summed E-state index contributed by atoms with van der Waals surface area (Å²) in [6.45, 7) is 7.60. The molecule has 7 nitrogen and oxygen atoms in total. The summed E-state index contributed by atoms with van der Waals surface area (Å²) < 4.78 is 22.2. The van der Waals surface area contributed by atoms with Gasteiger partial charge < -0.3 is 24.3 Å². The van der Waals surface area contributed by atoms with Crippen LogP contribution in [0.15, 0.2) is 36.9 Å². The minimum absolute atomic E-state index is 0.0977. The van der Waals surface area contributed by atoms with Gasteiger partial charge in [0.15, 0.2) is 11.6 Å². The number of phenolic OH excluding ortho intramolecular Hbond substituents is 1. The van der Waals surface area contributed by atoms with Crippen LogP contribution < -0.4 is 4.74 Å². The zero-order chi connectivity index (χ0) is 23.2. The van der Waals surface area contributed by atoms with E-state index in [0.717, 1.165) is 16.6 Å². The van der Waals surface area contributed by atoms with Gasteiger partial charge in [-0.3, -0.25) is 0 Å². The Balaban J connectivity index is 1.62. The second-order valence-electron chi connectivity index (χ2n) is 9.28. The summed E-state index contributed by atoms with van der Waals surface area (Å²) in [6.07, 6.45) is 5.99. The first-order chi connectivity index (χ1) is 15.1. The Morgan fingerprint density at radius 2 is 2.03 bits per heavy atom. The molecule has 1 aliphatic rings. The average Bonchev–Trinajstić information content (AvgIpc) is 3.15. The summed E-state index contributed by atoms with van der Waals surface area (Å²) in [4.78, 5) is 17.4. The molecule has 1 aliphatic carbocycles. The van der Waals surface area contributed by atoms with Crippen LogP contribution in [0.4, 0.5) is 9.18 Å². The van der Waals surface area contributed by atoms with Crippen molar-refractivity contribution in [1.82, 2.24) is 14.3 Å². The number of rotatable bonds is 5. The Morgan fingerprint density at radius 1 is 1.31 bits per heavy atom. The van der Waals surface area contributed by atoms with Crippen molar-refractivity contribution in [3.63, 3.8) is 0 Å². The van der Waals surface area contributed by atoms with Gasteiger partial charge in [-0.2, -0.15) is 0 Å². The number of carboxylic acid groups (broad SMARTS) is 1. The third kappa shape index (κ3) is 3.97. The first kappa shape index (κ1) is 21.9. The number of fused-ring (bicyclic) bond motifs is 1. The molecule has 2 heterocycles. The van der Waals surface area contributed by atoms with E-state index in [1.165, 1.54) is 17.0 Å². The second-order valence-corrected chi connectivity index (χ2v) is 9.28. The highest BCUT2D eigenvalue weighted by molar-refractivity contribution is 5.74. The minimum atomic E-state index is -0.928. The van der Waals surface area contributed by atoms with Gasteiger partial charge in [-0.15, -0.1) is 0 Å². The predicted molar refractivity (Wildman–Crippen MR) is 119 cm³/mol. The molecule has 0 atom stereocenters. The van der Waals surface area contributed by atoms with Crippen LogP contribution in [0.1, 0.15) is 46.1 Å². The minimum Gasteiger partial charge on any atom is -0.505 e. The van der Waals surface area contributed by atoms with E-state index in [9.17, 15) is 19.4 Å². The van der Waals surface area contributed by atoms with Crippen molar-refractivity contribution in [3.05, 3.63) is 48.3 Å². The van der Waals surface area contributed by atoms with Crippen molar-refractivity contribution in [2.75, 3.05) is 0 Å². The van der Waals surface area contributed by atoms with Crippen LogP contribution in [0, 0.1) is 5.82 Å². The van der Waals surface area contributed by atoms with E-state index in [2.05, 4.69) is 4.98 Å². The zero-order valence-corrected chi connectivity index (χ0v) is 18.7. The SMILES string of the molecule is CCc1cc(O)c(F)cc1-c1cc(O[C@H]2C[C@@H](N(C(=O)O)C(C)(C)C)C2)c2cncn2c1. The molecule has 2 aromatic heterocycles. The maximum Gasteiger partial charge on any atom is 0.407 e. The number of aromatic nitrogens is 2. The van der Waals surface area contributed by atoms with E-state index >= 15 is 0 Å². The molecule has 2 N–H and O–H groups in total. The number of imidazole rings is 1. The van der Waals surface area contributed by atoms with Crippen LogP contribution >= 0.6 is 0 Å². The number of carbonyl (C=O) groups is 1. The molecule has 8 heteroatoms. The van der Waals surface area contributed by atoms with Crippen LogP contribution in [0.3, 0.4) is 0 Å². The molecule has 32 heavy (non-hydrogen) atoms. The molecule has 0 radical (unpaired) electrons. The lowest BCUT2D eigenvalue weighted by atomic mass is 9.85. The Morgan fingerprint density at radius 3 is 2.66 bits per heavy atom. The number of ether oxygens (including phenoxy) is 1. The predicted octanol–water partition coefficient (Wildman–Crippen LogP) is 5.10. The van der Waals surface area contributed by atoms with Gasteiger partial charge in [-0.25, -0.2) is 14.2 Å². The normalized spacial score (nSPS) is 18.4. The van der Waals surface area contributed by atoms with E-state index in [-0.39, 0.29) is 17.9 Å². The third-order valence-corrected chi connectivity index (χ3v) is 6.01. The van der Waals surface area contributed by atoms with Gasteiger partial charge >= 0.3 is 6.09 Å². The standard InChI is InChI=1S/C24H28FN3O4/c1-5-14-6-21(29)19(25)10-18(14)15-7-22(20-11-26-13-27(20)12-15)32-17-8-16(9-17)28(23(30)31)24(2,3)4/h6-7,10-13,16-17,29H,5,8-9H2,1-4H3,(H,30,31)/t16-,17+. The number of benzene rings is 1. The monoisotopic (exact) mass is 441 g/mol. The molecular formula is C24H28FN3O4. The first-order valence-corrected chi connectivity index (χ1v) is 10.7. The number of amides is 1. The Labute approximate surface area is 186 Å². The quantitative estimate of drug-likeness (QED) is 0.575. The summed E-state index contributed by atoms with van der Waals surface area (Å²) >= 11 is 0. The number of aromatic hydroxyl groups is 1. The largest absolute Gasteiger partial charge is 0.505 e. The van der Waals surface area contributed by atoms with Crippen molar-refractivity contribution >= 4 is 11.6 Å². The van der Waals surface area contributed by atoms with Crippen molar-refractivity contribution < 1.29 is 24.1 Å². The molecule has 1 fully saturated rings. The second kappa shape index (κ2) is 8.00. The van der Waals surface area contributed by atoms with Gasteiger partial charge in [-0.05, 0) is 56.5 Å². The number of aryl methyl sites for hydroxylation is 1. The van der Waals surface area contributed by atoms with Crippen molar-refractivity contribution in [2.24, 2.45) is 0 Å². The van der Waals surface area contributed by atoms with E-state index in [0.29, 0.717) is 30.6 Å². The highest BCUT2D eigenvalue weighted by atomic mass is 19.1. The van der Waals surface area contributed by atoms with Crippen molar-refractivity contribution in [3.8, 4) is 22.6 Å². The fourth-order valence-corrected chi connectivity index (χ4v) is 4.42. The van der Waals surface area contributed by atoms with E-state index in [1.54, 1.807) is 12.5 Å². The van der Waals surface area contributed by atoms with Crippen LogP contribution in [0.25, 0.3) is 16.6 Å². The summed E-state index contributed by atoms with van der Waals surface area (Å²) in [5.41, 5.74) is 2.54. The molecule has 0 unspecified atom stereocenters. The first-order valence-electron chi connectivity index (χ1n) is 10.7. The van der Waals surface area contributed by atoms with Crippen LogP contribution in [-0.4, -0.2) is 48.3 Å². The lowest BCUT2D eigenvalue weighted by molar-refractivity contribution is -0.0130. The maximum atomic E-state index is 14.1. The van der Waals surface area contributed by atoms with Crippen LogP contribution in [0.2, 0.25) is 0 Å². The fourth-order valence-electron chi connectivity index (χ4n) is 4.42. The lowest BCUT2D eigenvalue weighted by Gasteiger charge is -2.47. The number of hydrogen-bond donors (Lipinski definition) is 2. The number of phenols is 1. The molecule has 3 aromatic rings. The highest BCUT2D eigenvalue weighted by Gasteiger charge is 2.42. The van der Waals surface area contributed by atoms with E-state index < -0.39 is 17.4 Å². The smallest absolute Gasteiger partial charge is 0.407 e. The van der Waals surface area contributed by atoms with Crippen molar-refractivity contribution in [1.29, 1.82) is 0 Å². The summed E-state index contributed by atoms with van der Waals surface area (Å²) in [5, 5.41) is 19.4. The van der Waals surface area contributed by atoms with Gasteiger partial charge in [0.05, 0.1) is 12.5 Å².